The highest BCUT2D eigenvalue weighted by atomic mass is 19.4. The summed E-state index contributed by atoms with van der Waals surface area (Å²) in [5, 5.41) is 14.8. The van der Waals surface area contributed by atoms with Crippen LogP contribution in [-0.4, -0.2) is 38.5 Å². The summed E-state index contributed by atoms with van der Waals surface area (Å²) in [5.41, 5.74) is -2.63. The molecule has 186 valence electrons. The summed E-state index contributed by atoms with van der Waals surface area (Å²) < 4.78 is 45.9. The normalized spacial score (nSPS) is 14.2. The SMILES string of the molecule is CCOC1=CC(=O)CC=C1c1ncc(NC(=O)Nc2cnc(C(C)(C)O)c(C(F)(F)F)c2)c(C)n1. The smallest absolute Gasteiger partial charge is 0.418 e. The van der Waals surface area contributed by atoms with Gasteiger partial charge in [-0.05, 0) is 33.8 Å². The lowest BCUT2D eigenvalue weighted by atomic mass is 9.98. The number of nitrogens with one attached hydrogen (secondary N) is 2. The summed E-state index contributed by atoms with van der Waals surface area (Å²) in [7, 11) is 0. The Morgan fingerprint density at radius 1 is 1.20 bits per heavy atom. The van der Waals surface area contributed by atoms with Crippen LogP contribution >= 0.6 is 0 Å². The molecule has 0 aromatic carbocycles. The van der Waals surface area contributed by atoms with Crippen molar-refractivity contribution in [2.75, 3.05) is 17.2 Å². The lowest BCUT2D eigenvalue weighted by molar-refractivity contribution is -0.140. The van der Waals surface area contributed by atoms with Gasteiger partial charge < -0.3 is 20.5 Å². The number of ketones is 1. The molecular weight excluding hydrogens is 467 g/mol. The number of halogens is 3. The van der Waals surface area contributed by atoms with Gasteiger partial charge in [0.05, 0.1) is 52.9 Å². The van der Waals surface area contributed by atoms with Crippen molar-refractivity contribution in [3.8, 4) is 0 Å². The molecular formula is C23H24F3N5O4. The molecule has 0 bridgehead atoms. The van der Waals surface area contributed by atoms with Crippen molar-refractivity contribution in [3.63, 3.8) is 0 Å². The van der Waals surface area contributed by atoms with Gasteiger partial charge in [0.2, 0.25) is 0 Å². The van der Waals surface area contributed by atoms with E-state index in [1.54, 1.807) is 19.9 Å². The lowest BCUT2D eigenvalue weighted by Crippen LogP contribution is -2.25. The topological polar surface area (TPSA) is 126 Å². The highest BCUT2D eigenvalue weighted by Gasteiger charge is 2.38. The van der Waals surface area contributed by atoms with Gasteiger partial charge in [-0.3, -0.25) is 9.78 Å². The first kappa shape index (κ1) is 25.8. The highest BCUT2D eigenvalue weighted by molar-refractivity contribution is 6.00. The number of rotatable bonds is 6. The maximum atomic E-state index is 13.5. The maximum Gasteiger partial charge on any atom is 0.418 e. The Hall–Kier alpha value is -3.80. The van der Waals surface area contributed by atoms with Gasteiger partial charge in [0.15, 0.2) is 11.6 Å². The van der Waals surface area contributed by atoms with Gasteiger partial charge in [-0.2, -0.15) is 13.2 Å². The molecule has 2 heterocycles. The van der Waals surface area contributed by atoms with Crippen LogP contribution < -0.4 is 10.6 Å². The van der Waals surface area contributed by atoms with E-state index < -0.39 is 29.1 Å². The van der Waals surface area contributed by atoms with Gasteiger partial charge in [0, 0.05) is 12.5 Å². The van der Waals surface area contributed by atoms with Crippen molar-refractivity contribution in [3.05, 3.63) is 59.1 Å². The number of carbonyl (C=O) groups excluding carboxylic acids is 2. The number of nitrogens with zero attached hydrogens (tertiary/aromatic N) is 3. The molecule has 0 saturated heterocycles. The van der Waals surface area contributed by atoms with Gasteiger partial charge in [0.25, 0.3) is 0 Å². The van der Waals surface area contributed by atoms with Crippen LogP contribution in [-0.2, 0) is 21.3 Å². The molecule has 1 aliphatic rings. The van der Waals surface area contributed by atoms with Crippen LogP contribution in [0.25, 0.3) is 5.57 Å². The van der Waals surface area contributed by atoms with E-state index >= 15 is 0 Å². The molecule has 2 amide bonds. The number of alkyl halides is 3. The number of aromatic nitrogens is 3. The average Bonchev–Trinajstić information content (AvgIpc) is 2.74. The second-order valence-corrected chi connectivity index (χ2v) is 8.18. The lowest BCUT2D eigenvalue weighted by Gasteiger charge is -2.22. The number of ether oxygens (including phenoxy) is 1. The molecule has 0 fully saturated rings. The Morgan fingerprint density at radius 2 is 1.91 bits per heavy atom. The number of allylic oxidation sites excluding steroid dienone is 3. The summed E-state index contributed by atoms with van der Waals surface area (Å²) in [5.74, 6) is 0.536. The zero-order valence-electron chi connectivity index (χ0n) is 19.4. The van der Waals surface area contributed by atoms with E-state index in [1.165, 1.54) is 26.1 Å². The zero-order valence-corrected chi connectivity index (χ0v) is 19.4. The molecule has 9 nitrogen and oxygen atoms in total. The number of aryl methyl sites for hydroxylation is 1. The number of carbonyl (C=O) groups is 2. The number of amides is 2. The van der Waals surface area contributed by atoms with Crippen LogP contribution in [0.2, 0.25) is 0 Å². The van der Waals surface area contributed by atoms with E-state index in [2.05, 4.69) is 25.6 Å². The van der Waals surface area contributed by atoms with E-state index in [0.717, 1.165) is 6.20 Å². The van der Waals surface area contributed by atoms with Gasteiger partial charge in [-0.15, -0.1) is 0 Å². The highest BCUT2D eigenvalue weighted by Crippen LogP contribution is 2.37. The number of pyridine rings is 1. The quantitative estimate of drug-likeness (QED) is 0.549. The molecule has 35 heavy (non-hydrogen) atoms. The summed E-state index contributed by atoms with van der Waals surface area (Å²) >= 11 is 0. The van der Waals surface area contributed by atoms with Crippen molar-refractivity contribution >= 4 is 28.8 Å². The van der Waals surface area contributed by atoms with Crippen LogP contribution in [0.5, 0.6) is 0 Å². The largest absolute Gasteiger partial charge is 0.493 e. The first-order valence-electron chi connectivity index (χ1n) is 10.6. The Morgan fingerprint density at radius 3 is 2.51 bits per heavy atom. The van der Waals surface area contributed by atoms with Crippen LogP contribution in [0.3, 0.4) is 0 Å². The van der Waals surface area contributed by atoms with E-state index in [0.29, 0.717) is 35.5 Å². The molecule has 3 rings (SSSR count). The van der Waals surface area contributed by atoms with Crippen molar-refractivity contribution in [2.24, 2.45) is 0 Å². The molecule has 0 spiro atoms. The number of hydrogen-bond acceptors (Lipinski definition) is 7. The fourth-order valence-corrected chi connectivity index (χ4v) is 3.30. The second-order valence-electron chi connectivity index (χ2n) is 8.18. The van der Waals surface area contributed by atoms with Crippen LogP contribution in [0.1, 0.15) is 50.0 Å². The third-order valence-electron chi connectivity index (χ3n) is 4.86. The Kier molecular flexibility index (Phi) is 7.25. The van der Waals surface area contributed by atoms with E-state index in [9.17, 15) is 27.9 Å². The molecule has 2 aromatic rings. The van der Waals surface area contributed by atoms with Gasteiger partial charge >= 0.3 is 12.2 Å². The molecule has 3 N–H and O–H groups in total. The molecule has 0 aliphatic heterocycles. The molecule has 0 unspecified atom stereocenters. The van der Waals surface area contributed by atoms with E-state index in [4.69, 9.17) is 4.74 Å². The van der Waals surface area contributed by atoms with Crippen molar-refractivity contribution in [2.45, 2.75) is 45.9 Å². The standard InChI is InChI=1S/C23H24F3N5O4/c1-5-35-18-9-14(32)6-7-15(18)20-28-11-17(12(2)29-20)31-21(33)30-13-8-16(23(24,25)26)19(27-10-13)22(3,4)34/h7-11,34H,5-6H2,1-4H3,(H2,30,31,33). The van der Waals surface area contributed by atoms with Crippen LogP contribution in [0, 0.1) is 6.92 Å². The molecule has 12 heteroatoms. The Balaban J connectivity index is 1.78. The van der Waals surface area contributed by atoms with E-state index in [-0.39, 0.29) is 23.6 Å². The molecule has 0 saturated carbocycles. The summed E-state index contributed by atoms with van der Waals surface area (Å²) in [6.07, 6.45) is 0.788. The van der Waals surface area contributed by atoms with Crippen molar-refractivity contribution in [1.82, 2.24) is 15.0 Å². The summed E-state index contributed by atoms with van der Waals surface area (Å²) in [6, 6.07) is -0.141. The predicted molar refractivity (Wildman–Crippen MR) is 121 cm³/mol. The minimum Gasteiger partial charge on any atom is -0.493 e. The fraction of sp³-hybridized carbons (Fsp3) is 0.348. The van der Waals surface area contributed by atoms with Crippen molar-refractivity contribution in [1.29, 1.82) is 0 Å². The predicted octanol–water partition coefficient (Wildman–Crippen LogP) is 4.35. The number of hydrogen-bond donors (Lipinski definition) is 3. The monoisotopic (exact) mass is 491 g/mol. The number of urea groups is 1. The van der Waals surface area contributed by atoms with Gasteiger partial charge in [-0.25, -0.2) is 14.8 Å². The minimum atomic E-state index is -4.79. The Labute approximate surface area is 199 Å². The molecule has 2 aromatic heterocycles. The zero-order chi connectivity index (χ0) is 26.0. The van der Waals surface area contributed by atoms with Crippen molar-refractivity contribution < 1.29 is 32.6 Å². The van der Waals surface area contributed by atoms with Crippen LogP contribution in [0.4, 0.5) is 29.3 Å². The third-order valence-corrected chi connectivity index (χ3v) is 4.86. The fourth-order valence-electron chi connectivity index (χ4n) is 3.30. The Bertz CT molecular complexity index is 1220. The van der Waals surface area contributed by atoms with E-state index in [1.807, 2.05) is 0 Å². The van der Waals surface area contributed by atoms with Crippen LogP contribution in [0.15, 0.2) is 36.4 Å². The van der Waals surface area contributed by atoms with Gasteiger partial charge in [0.1, 0.15) is 11.4 Å². The number of aliphatic hydroxyl groups is 1. The first-order chi connectivity index (χ1) is 16.3. The first-order valence-corrected chi connectivity index (χ1v) is 10.6. The molecule has 0 atom stereocenters. The van der Waals surface area contributed by atoms with Gasteiger partial charge in [-0.1, -0.05) is 6.08 Å². The third kappa shape index (κ3) is 6.21. The summed E-state index contributed by atoms with van der Waals surface area (Å²) in [6.45, 7) is 6.11. The molecule has 0 radical (unpaired) electrons. The summed E-state index contributed by atoms with van der Waals surface area (Å²) in [4.78, 5) is 36.4. The second kappa shape index (κ2) is 9.82. The molecule has 1 aliphatic carbocycles. The minimum absolute atomic E-state index is 0.109. The maximum absolute atomic E-state index is 13.5. The average molecular weight is 491 g/mol. The number of anilines is 2.